The number of hydrogen-bond acceptors (Lipinski definition) is 6. The Morgan fingerprint density at radius 2 is 1.48 bits per heavy atom. The van der Waals surface area contributed by atoms with Gasteiger partial charge in [-0.15, -0.1) is 0 Å². The van der Waals surface area contributed by atoms with E-state index >= 15 is 0 Å². The standard InChI is InChI=1S/C19H23NO5.C14H22O/c1-5-6-8-12-16(18(22)15(11(2)21)19(23)20-12)17-13(24-3)9-7-10-14(17)25-4;1-3-5-10-13(9-4-2)15-14-11-7-6-8-12-14/h7,9-10H,5-6,8H2,1-4H3,(H2,20,22,23);6-8,11-13H,3-5,9-10H2,1-2H3. The molecule has 2 N–H and O–H groups in total. The van der Waals surface area contributed by atoms with E-state index in [1.54, 1.807) is 18.2 Å². The molecule has 0 aliphatic heterocycles. The lowest BCUT2D eigenvalue weighted by atomic mass is 9.95. The fourth-order valence-corrected chi connectivity index (χ4v) is 4.58. The maximum Gasteiger partial charge on any atom is 0.262 e. The van der Waals surface area contributed by atoms with E-state index < -0.39 is 11.3 Å². The van der Waals surface area contributed by atoms with E-state index in [1.807, 2.05) is 37.3 Å². The maximum absolute atomic E-state index is 12.3. The monoisotopic (exact) mass is 551 g/mol. The Kier molecular flexibility index (Phi) is 13.8. The number of carbonyl (C=O) groups is 1. The molecule has 0 saturated carbocycles. The number of ketones is 1. The quantitative estimate of drug-likeness (QED) is 0.199. The van der Waals surface area contributed by atoms with Crippen molar-refractivity contribution in [3.63, 3.8) is 0 Å². The topological polar surface area (TPSA) is 97.9 Å². The molecule has 0 fully saturated rings. The highest BCUT2D eigenvalue weighted by Gasteiger charge is 2.25. The van der Waals surface area contributed by atoms with Crippen molar-refractivity contribution in [3.8, 4) is 34.1 Å². The van der Waals surface area contributed by atoms with Gasteiger partial charge in [-0.2, -0.15) is 0 Å². The molecule has 0 radical (unpaired) electrons. The second kappa shape index (κ2) is 17.1. The predicted molar refractivity (Wildman–Crippen MR) is 161 cm³/mol. The van der Waals surface area contributed by atoms with Gasteiger partial charge in [-0.1, -0.05) is 70.7 Å². The number of nitrogens with one attached hydrogen (secondary N) is 1. The fourth-order valence-electron chi connectivity index (χ4n) is 4.58. The largest absolute Gasteiger partial charge is 0.506 e. The SMILES string of the molecule is CCCCC(CCC)Oc1ccccc1.CCCCc1[nH]c(=O)c(C(C)=O)c(O)c1-c1c(OC)cccc1OC. The zero-order valence-electron chi connectivity index (χ0n) is 24.8. The molecule has 1 unspecified atom stereocenters. The summed E-state index contributed by atoms with van der Waals surface area (Å²) < 4.78 is 16.8. The second-order valence-electron chi connectivity index (χ2n) is 9.71. The number of rotatable bonds is 14. The molecule has 0 aliphatic rings. The summed E-state index contributed by atoms with van der Waals surface area (Å²) in [5, 5.41) is 10.8. The van der Waals surface area contributed by atoms with Crippen LogP contribution in [0.15, 0.2) is 53.3 Å². The first-order valence-corrected chi connectivity index (χ1v) is 14.2. The molecule has 0 bridgehead atoms. The third kappa shape index (κ3) is 8.90. The summed E-state index contributed by atoms with van der Waals surface area (Å²) in [7, 11) is 3.03. The smallest absolute Gasteiger partial charge is 0.262 e. The van der Waals surface area contributed by atoms with Gasteiger partial charge in [-0.25, -0.2) is 0 Å². The maximum atomic E-state index is 12.3. The van der Waals surface area contributed by atoms with Crippen LogP contribution >= 0.6 is 0 Å². The number of aromatic amines is 1. The van der Waals surface area contributed by atoms with Gasteiger partial charge in [0, 0.05) is 5.69 Å². The van der Waals surface area contributed by atoms with Gasteiger partial charge in [-0.3, -0.25) is 9.59 Å². The molecule has 0 aliphatic carbocycles. The highest BCUT2D eigenvalue weighted by molar-refractivity contribution is 6.00. The van der Waals surface area contributed by atoms with E-state index in [2.05, 4.69) is 18.8 Å². The van der Waals surface area contributed by atoms with Gasteiger partial charge in [0.2, 0.25) is 0 Å². The normalized spacial score (nSPS) is 11.2. The van der Waals surface area contributed by atoms with Crippen molar-refractivity contribution in [2.45, 2.75) is 85.2 Å². The number of pyridine rings is 1. The van der Waals surface area contributed by atoms with Crippen molar-refractivity contribution in [2.75, 3.05) is 14.2 Å². The van der Waals surface area contributed by atoms with Crippen LogP contribution in [-0.2, 0) is 6.42 Å². The summed E-state index contributed by atoms with van der Waals surface area (Å²) in [5.74, 6) is 1.12. The minimum atomic E-state index is -0.589. The highest BCUT2D eigenvalue weighted by atomic mass is 16.5. The minimum Gasteiger partial charge on any atom is -0.506 e. The Labute approximate surface area is 238 Å². The summed E-state index contributed by atoms with van der Waals surface area (Å²) in [6, 6.07) is 15.4. The van der Waals surface area contributed by atoms with Gasteiger partial charge in [-0.05, 0) is 56.9 Å². The summed E-state index contributed by atoms with van der Waals surface area (Å²) in [5.41, 5.74) is 0.580. The van der Waals surface area contributed by atoms with Crippen LogP contribution in [0.5, 0.6) is 23.0 Å². The number of carbonyl (C=O) groups excluding carboxylic acids is 1. The molecular weight excluding hydrogens is 506 g/mol. The van der Waals surface area contributed by atoms with Crippen LogP contribution in [0.4, 0.5) is 0 Å². The molecule has 3 rings (SSSR count). The van der Waals surface area contributed by atoms with Gasteiger partial charge >= 0.3 is 0 Å². The van der Waals surface area contributed by atoms with E-state index in [1.165, 1.54) is 46.8 Å². The van der Waals surface area contributed by atoms with Crippen LogP contribution in [-0.4, -0.2) is 36.2 Å². The zero-order chi connectivity index (χ0) is 29.5. The number of hydrogen-bond donors (Lipinski definition) is 2. The molecular formula is C33H45NO6. The summed E-state index contributed by atoms with van der Waals surface area (Å²) in [4.78, 5) is 26.9. The summed E-state index contributed by atoms with van der Waals surface area (Å²) in [6.45, 7) is 7.73. The van der Waals surface area contributed by atoms with Crippen molar-refractivity contribution in [3.05, 3.63) is 70.1 Å². The number of Topliss-reactive ketones (excluding diaryl/α,β-unsaturated/α-hetero) is 1. The van der Waals surface area contributed by atoms with E-state index in [-0.39, 0.29) is 11.3 Å². The number of ether oxygens (including phenoxy) is 3. The number of unbranched alkanes of at least 4 members (excludes halogenated alkanes) is 2. The third-order valence-electron chi connectivity index (χ3n) is 6.61. The van der Waals surface area contributed by atoms with E-state index in [9.17, 15) is 14.7 Å². The number of aromatic nitrogens is 1. The lowest BCUT2D eigenvalue weighted by Gasteiger charge is -2.18. The van der Waals surface area contributed by atoms with Gasteiger partial charge in [0.05, 0.1) is 31.5 Å². The van der Waals surface area contributed by atoms with Crippen LogP contribution in [0, 0.1) is 0 Å². The lowest BCUT2D eigenvalue weighted by Crippen LogP contribution is -2.19. The first-order valence-electron chi connectivity index (χ1n) is 14.2. The molecule has 1 heterocycles. The van der Waals surface area contributed by atoms with Crippen LogP contribution < -0.4 is 19.8 Å². The van der Waals surface area contributed by atoms with Crippen LogP contribution in [0.1, 0.15) is 88.7 Å². The third-order valence-corrected chi connectivity index (χ3v) is 6.61. The first-order chi connectivity index (χ1) is 19.3. The van der Waals surface area contributed by atoms with Crippen molar-refractivity contribution < 1.29 is 24.1 Å². The summed E-state index contributed by atoms with van der Waals surface area (Å²) in [6.07, 6.45) is 8.73. The molecule has 0 saturated heterocycles. The van der Waals surface area contributed by atoms with E-state index in [0.717, 1.165) is 25.0 Å². The Morgan fingerprint density at radius 3 is 2.00 bits per heavy atom. The number of methoxy groups -OCH3 is 2. The molecule has 40 heavy (non-hydrogen) atoms. The molecule has 0 amide bonds. The number of para-hydroxylation sites is 1. The average Bonchev–Trinajstić information content (AvgIpc) is 2.95. The minimum absolute atomic E-state index is 0.261. The van der Waals surface area contributed by atoms with Crippen LogP contribution in [0.25, 0.3) is 11.1 Å². The van der Waals surface area contributed by atoms with Crippen molar-refractivity contribution in [2.24, 2.45) is 0 Å². The number of aryl methyl sites for hydroxylation is 1. The molecule has 218 valence electrons. The number of H-pyrrole nitrogens is 1. The highest BCUT2D eigenvalue weighted by Crippen LogP contribution is 2.44. The van der Waals surface area contributed by atoms with Gasteiger partial charge in [0.15, 0.2) is 5.78 Å². The predicted octanol–water partition coefficient (Wildman–Crippen LogP) is 7.73. The van der Waals surface area contributed by atoms with E-state index in [0.29, 0.717) is 40.8 Å². The van der Waals surface area contributed by atoms with Crippen molar-refractivity contribution >= 4 is 5.78 Å². The molecule has 7 nitrogen and oxygen atoms in total. The Bertz CT molecular complexity index is 1230. The van der Waals surface area contributed by atoms with Gasteiger partial charge < -0.3 is 24.3 Å². The summed E-state index contributed by atoms with van der Waals surface area (Å²) >= 11 is 0. The lowest BCUT2D eigenvalue weighted by molar-refractivity contribution is 0.101. The molecule has 1 atom stereocenters. The molecule has 1 aromatic heterocycles. The first kappa shape index (κ1) is 32.5. The van der Waals surface area contributed by atoms with Gasteiger partial charge in [0.25, 0.3) is 5.56 Å². The van der Waals surface area contributed by atoms with Crippen molar-refractivity contribution in [1.29, 1.82) is 0 Å². The molecule has 2 aromatic carbocycles. The molecule has 3 aromatic rings. The van der Waals surface area contributed by atoms with Crippen LogP contribution in [0.2, 0.25) is 0 Å². The Morgan fingerprint density at radius 1 is 0.850 bits per heavy atom. The van der Waals surface area contributed by atoms with E-state index in [4.69, 9.17) is 14.2 Å². The average molecular weight is 552 g/mol. The number of benzene rings is 2. The number of aromatic hydroxyl groups is 1. The zero-order valence-corrected chi connectivity index (χ0v) is 24.8. The second-order valence-corrected chi connectivity index (χ2v) is 9.71. The Hall–Kier alpha value is -3.74. The Balaban J connectivity index is 0.000000319. The molecule has 0 spiro atoms. The van der Waals surface area contributed by atoms with Crippen molar-refractivity contribution in [1.82, 2.24) is 4.98 Å². The van der Waals surface area contributed by atoms with Gasteiger partial charge in [0.1, 0.15) is 28.6 Å². The molecule has 7 heteroatoms. The van der Waals surface area contributed by atoms with Crippen LogP contribution in [0.3, 0.4) is 0 Å². The fraction of sp³-hybridized carbons (Fsp3) is 0.455.